The van der Waals surface area contributed by atoms with Gasteiger partial charge in [0.1, 0.15) is 0 Å². The Morgan fingerprint density at radius 3 is 1.25 bits per heavy atom. The molecule has 0 atom stereocenters. The molecule has 48 valence electrons. The van der Waals surface area contributed by atoms with Gasteiger partial charge in [0.15, 0.2) is 0 Å². The van der Waals surface area contributed by atoms with E-state index in [2.05, 4.69) is 18.0 Å². The molecule has 0 spiro atoms. The maximum atomic E-state index is 9.04. The molecule has 0 saturated heterocycles. The van der Waals surface area contributed by atoms with Gasteiger partial charge in [0.25, 0.3) is 0 Å². The van der Waals surface area contributed by atoms with E-state index in [-0.39, 0.29) is 46.0 Å². The summed E-state index contributed by atoms with van der Waals surface area (Å²) in [6.07, 6.45) is 0. The van der Waals surface area contributed by atoms with Crippen LogP contribution in [0.5, 0.6) is 0 Å². The van der Waals surface area contributed by atoms with Crippen molar-refractivity contribution in [3.63, 3.8) is 0 Å². The summed E-state index contributed by atoms with van der Waals surface area (Å²) in [6, 6.07) is 0. The standard InChI is InChI=1S/CH3NOS.Na.3H2O/c2-1(3)4;;;;/h(H3,2,3,4);;3*1H2/q;+1;;;/p-1. The van der Waals surface area contributed by atoms with Crippen molar-refractivity contribution in [2.75, 3.05) is 0 Å². The van der Waals surface area contributed by atoms with Crippen molar-refractivity contribution in [2.24, 2.45) is 5.73 Å². The van der Waals surface area contributed by atoms with Crippen molar-refractivity contribution < 1.29 is 51.1 Å². The van der Waals surface area contributed by atoms with Gasteiger partial charge in [-0.1, -0.05) is 12.2 Å². The van der Waals surface area contributed by atoms with Gasteiger partial charge in [-0.3, -0.25) is 0 Å². The van der Waals surface area contributed by atoms with Crippen LogP contribution in [0.1, 0.15) is 0 Å². The minimum absolute atomic E-state index is 0. The number of thiocarbonyl (C=S) groups is 1. The summed E-state index contributed by atoms with van der Waals surface area (Å²) in [7, 11) is 0. The van der Waals surface area contributed by atoms with E-state index in [1.165, 1.54) is 0 Å². The molecular formula is CH8NNaO4S. The zero-order valence-corrected chi connectivity index (χ0v) is 7.21. The summed E-state index contributed by atoms with van der Waals surface area (Å²) in [5, 5.41) is 8.29. The molecule has 0 aliphatic carbocycles. The molecule has 0 saturated carbocycles. The monoisotopic (exact) mass is 153 g/mol. The Morgan fingerprint density at radius 1 is 1.25 bits per heavy atom. The molecule has 0 aromatic carbocycles. The first-order chi connectivity index (χ1) is 1.73. The van der Waals surface area contributed by atoms with Crippen LogP contribution in [-0.4, -0.2) is 21.6 Å². The average Bonchev–Trinajstić information content (AvgIpc) is 0.811. The summed E-state index contributed by atoms with van der Waals surface area (Å²) < 4.78 is 0. The van der Waals surface area contributed by atoms with E-state index < -0.39 is 5.17 Å². The molecule has 7 heteroatoms. The van der Waals surface area contributed by atoms with Crippen LogP contribution < -0.4 is 40.4 Å². The quantitative estimate of drug-likeness (QED) is 0.272. The van der Waals surface area contributed by atoms with Gasteiger partial charge in [-0.15, -0.1) is 0 Å². The molecule has 0 heterocycles. The SMILES string of the molecule is NC([O-])=S.O.O.O.[Na+]. The van der Waals surface area contributed by atoms with Gasteiger partial charge >= 0.3 is 29.6 Å². The molecule has 0 amide bonds. The summed E-state index contributed by atoms with van der Waals surface area (Å²) >= 11 is 3.76. The summed E-state index contributed by atoms with van der Waals surface area (Å²) in [5.41, 5.74) is 4.29. The third kappa shape index (κ3) is 627. The fourth-order valence-electron chi connectivity index (χ4n) is 0. The smallest absolute Gasteiger partial charge is 0.852 e. The molecule has 8 heavy (non-hydrogen) atoms. The van der Waals surface area contributed by atoms with E-state index in [9.17, 15) is 0 Å². The second-order valence-electron chi connectivity index (χ2n) is 0.319. The molecule has 0 aliphatic rings. The first-order valence-corrected chi connectivity index (χ1v) is 1.11. The minimum atomic E-state index is -0.750. The number of rotatable bonds is 0. The summed E-state index contributed by atoms with van der Waals surface area (Å²) in [4.78, 5) is 0. The van der Waals surface area contributed by atoms with Crippen molar-refractivity contribution in [3.8, 4) is 0 Å². The van der Waals surface area contributed by atoms with Crippen LogP contribution in [0.2, 0.25) is 0 Å². The molecule has 5 nitrogen and oxygen atoms in total. The Labute approximate surface area is 74.1 Å². The Hall–Kier alpha value is 0.570. The number of hydrogen-bond donors (Lipinski definition) is 1. The van der Waals surface area contributed by atoms with Crippen LogP contribution in [0, 0.1) is 0 Å². The summed E-state index contributed by atoms with van der Waals surface area (Å²) in [6.45, 7) is 0. The molecule has 0 fully saturated rings. The van der Waals surface area contributed by atoms with E-state index >= 15 is 0 Å². The van der Waals surface area contributed by atoms with Crippen LogP contribution in [0.25, 0.3) is 0 Å². The minimum Gasteiger partial charge on any atom is -0.852 e. The van der Waals surface area contributed by atoms with Crippen LogP contribution in [0.15, 0.2) is 0 Å². The van der Waals surface area contributed by atoms with Crippen LogP contribution in [0.3, 0.4) is 0 Å². The average molecular weight is 153 g/mol. The second-order valence-corrected chi connectivity index (χ2v) is 0.721. The van der Waals surface area contributed by atoms with Crippen LogP contribution in [-0.2, 0) is 0 Å². The zero-order chi connectivity index (χ0) is 3.58. The van der Waals surface area contributed by atoms with Crippen molar-refractivity contribution in [2.45, 2.75) is 0 Å². The second kappa shape index (κ2) is 25.6. The van der Waals surface area contributed by atoms with E-state index in [0.717, 1.165) is 0 Å². The molecule has 0 unspecified atom stereocenters. The number of hydrogen-bond acceptors (Lipinski definition) is 2. The van der Waals surface area contributed by atoms with Crippen molar-refractivity contribution in [1.82, 2.24) is 0 Å². The fraction of sp³-hybridized carbons (Fsp3) is 0. The Kier molecular flexibility index (Phi) is 123. The van der Waals surface area contributed by atoms with E-state index in [1.54, 1.807) is 0 Å². The molecule has 8 N–H and O–H groups in total. The molecule has 0 bridgehead atoms. The molecule has 0 aliphatic heterocycles. The van der Waals surface area contributed by atoms with Gasteiger partial charge in [0.2, 0.25) is 0 Å². The fourth-order valence-corrected chi connectivity index (χ4v) is 0. The van der Waals surface area contributed by atoms with Crippen molar-refractivity contribution in [1.29, 1.82) is 0 Å². The van der Waals surface area contributed by atoms with Crippen LogP contribution >= 0.6 is 12.2 Å². The third-order valence-electron chi connectivity index (χ3n) is 0. The summed E-state index contributed by atoms with van der Waals surface area (Å²) in [5.74, 6) is 0. The molecule has 0 radical (unpaired) electrons. The largest absolute Gasteiger partial charge is 1.00 e. The van der Waals surface area contributed by atoms with Gasteiger partial charge in [-0.2, -0.15) is 0 Å². The maximum absolute atomic E-state index is 9.04. The molecule has 0 aromatic rings. The number of nitrogens with two attached hydrogens (primary N) is 1. The normalized spacial score (nSPS) is 3.00. The first kappa shape index (κ1) is 38.5. The first-order valence-electron chi connectivity index (χ1n) is 0.697. The van der Waals surface area contributed by atoms with Gasteiger partial charge < -0.3 is 27.3 Å². The Morgan fingerprint density at radius 2 is 1.25 bits per heavy atom. The van der Waals surface area contributed by atoms with Crippen molar-refractivity contribution in [3.05, 3.63) is 0 Å². The third-order valence-corrected chi connectivity index (χ3v) is 0. The van der Waals surface area contributed by atoms with Gasteiger partial charge in [-0.05, 0) is 0 Å². The van der Waals surface area contributed by atoms with E-state index in [0.29, 0.717) is 0 Å². The van der Waals surface area contributed by atoms with E-state index in [4.69, 9.17) is 5.11 Å². The van der Waals surface area contributed by atoms with Crippen LogP contribution in [0.4, 0.5) is 0 Å². The maximum Gasteiger partial charge on any atom is 1.00 e. The van der Waals surface area contributed by atoms with Gasteiger partial charge in [-0.25, -0.2) is 0 Å². The Balaban J connectivity index is -0.00000000750. The van der Waals surface area contributed by atoms with Gasteiger partial charge in [0, 0.05) is 5.17 Å². The topological polar surface area (TPSA) is 144 Å². The van der Waals surface area contributed by atoms with Gasteiger partial charge in [0.05, 0.1) is 0 Å². The zero-order valence-electron chi connectivity index (χ0n) is 4.39. The van der Waals surface area contributed by atoms with E-state index in [1.807, 2.05) is 0 Å². The predicted molar refractivity (Wildman–Crippen MR) is 27.6 cm³/mol. The molecule has 0 rings (SSSR count). The Bertz CT molecular complexity index is 39.0. The van der Waals surface area contributed by atoms with Crippen molar-refractivity contribution >= 4 is 17.4 Å². The predicted octanol–water partition coefficient (Wildman–Crippen LogP) is -6.88. The molecular weight excluding hydrogens is 145 g/mol. The molecule has 0 aromatic heterocycles.